The molecule has 2 bridgehead atoms. The Balaban J connectivity index is 0.00000420. The van der Waals surface area contributed by atoms with Crippen LogP contribution >= 0.6 is 0 Å². The van der Waals surface area contributed by atoms with Crippen molar-refractivity contribution in [2.75, 3.05) is 39.4 Å². The van der Waals surface area contributed by atoms with Crippen LogP contribution in [0.2, 0.25) is 0 Å². The Kier molecular flexibility index (Phi) is 10.1. The molecule has 7 nitrogen and oxygen atoms in total. The van der Waals surface area contributed by atoms with Gasteiger partial charge in [0, 0.05) is 11.1 Å². The Bertz CT molecular complexity index is 595. The molecule has 3 fully saturated rings. The van der Waals surface area contributed by atoms with Gasteiger partial charge in [0.05, 0.1) is 32.6 Å². The minimum Gasteiger partial charge on any atom is -1.00 e. The van der Waals surface area contributed by atoms with Crippen molar-refractivity contribution >= 4 is 17.9 Å². The maximum Gasteiger partial charge on any atom is 0.333 e. The topological polar surface area (TPSA) is 78.9 Å². The van der Waals surface area contributed by atoms with Gasteiger partial charge in [0.25, 0.3) is 0 Å². The van der Waals surface area contributed by atoms with Gasteiger partial charge in [0.2, 0.25) is 0 Å². The molecule has 0 aliphatic carbocycles. The maximum atomic E-state index is 12.4. The van der Waals surface area contributed by atoms with E-state index >= 15 is 0 Å². The molecule has 0 amide bonds. The lowest BCUT2D eigenvalue weighted by molar-refractivity contribution is -0.942. The Morgan fingerprint density at radius 2 is 1.38 bits per heavy atom. The molecular formula is C21H32BrNO6. The summed E-state index contributed by atoms with van der Waals surface area (Å²) in [6.45, 7) is 13.9. The molecular weight excluding hydrogens is 442 g/mol. The average molecular weight is 474 g/mol. The molecule has 8 heteroatoms. The zero-order chi connectivity index (χ0) is 20.7. The molecule has 0 radical (unpaired) electrons. The van der Waals surface area contributed by atoms with E-state index in [0.717, 1.165) is 36.6 Å². The molecule has 0 aromatic heterocycles. The van der Waals surface area contributed by atoms with Gasteiger partial charge in [0.1, 0.15) is 13.2 Å². The first-order valence-electron chi connectivity index (χ1n) is 9.90. The van der Waals surface area contributed by atoms with Gasteiger partial charge in [-0.2, -0.15) is 0 Å². The molecule has 3 rings (SSSR count). The Labute approximate surface area is 183 Å². The monoisotopic (exact) mass is 473 g/mol. The molecule has 0 aromatic carbocycles. The summed E-state index contributed by atoms with van der Waals surface area (Å²) in [5.41, 5.74) is 0.488. The number of halogens is 1. The molecule has 29 heavy (non-hydrogen) atoms. The number of hydrogen-bond donors (Lipinski definition) is 0. The van der Waals surface area contributed by atoms with Crippen LogP contribution < -0.4 is 17.0 Å². The second kappa shape index (κ2) is 11.5. The van der Waals surface area contributed by atoms with E-state index in [9.17, 15) is 14.4 Å². The third-order valence-corrected chi connectivity index (χ3v) is 5.62. The van der Waals surface area contributed by atoms with Crippen LogP contribution in [-0.4, -0.2) is 67.9 Å². The summed E-state index contributed by atoms with van der Waals surface area (Å²) in [6.07, 6.45) is 3.16. The van der Waals surface area contributed by atoms with Gasteiger partial charge >= 0.3 is 17.9 Å². The standard InChI is InChI=1S/C21H32NO6.BrH/c1-15(2)20(24)26-13-18(14-27-21(25)16(3)4)28-19(23)8-12-22-9-5-17(6-10-22)7-11-22;/h17-18H,1,3,5-14H2,2,4H3;1H/q+1;/p-1. The van der Waals surface area contributed by atoms with Crippen molar-refractivity contribution in [2.45, 2.75) is 45.6 Å². The van der Waals surface area contributed by atoms with Crippen LogP contribution in [0.5, 0.6) is 0 Å². The van der Waals surface area contributed by atoms with Gasteiger partial charge in [-0.15, -0.1) is 0 Å². The number of piperidine rings is 3. The third kappa shape index (κ3) is 7.93. The fourth-order valence-corrected chi connectivity index (χ4v) is 3.75. The van der Waals surface area contributed by atoms with E-state index in [-0.39, 0.29) is 47.3 Å². The van der Waals surface area contributed by atoms with Crippen LogP contribution in [0.1, 0.15) is 39.5 Å². The molecule has 3 heterocycles. The van der Waals surface area contributed by atoms with Crippen LogP contribution in [0.3, 0.4) is 0 Å². The van der Waals surface area contributed by atoms with Crippen molar-refractivity contribution in [3.8, 4) is 0 Å². The molecule has 0 saturated carbocycles. The quantitative estimate of drug-likeness (QED) is 0.178. The number of quaternary nitrogens is 1. The summed E-state index contributed by atoms with van der Waals surface area (Å²) in [6, 6.07) is 0. The highest BCUT2D eigenvalue weighted by Crippen LogP contribution is 2.33. The molecule has 3 saturated heterocycles. The molecule has 0 N–H and O–H groups in total. The summed E-state index contributed by atoms with van der Waals surface area (Å²) in [5.74, 6) is -0.672. The first-order chi connectivity index (χ1) is 13.2. The Morgan fingerprint density at radius 3 is 1.79 bits per heavy atom. The molecule has 0 atom stereocenters. The summed E-state index contributed by atoms with van der Waals surface area (Å²) in [5, 5.41) is 0. The number of carbonyl (C=O) groups is 3. The largest absolute Gasteiger partial charge is 1.00 e. The normalized spacial score (nSPS) is 22.4. The minimum absolute atomic E-state index is 0. The fourth-order valence-electron chi connectivity index (χ4n) is 3.75. The lowest BCUT2D eigenvalue weighted by Gasteiger charge is -2.49. The SMILES string of the molecule is C=C(C)C(=O)OCC(COC(=O)C(=C)C)OC(=O)CC[N+]12CCC(CC1)CC2.[Br-]. The predicted octanol–water partition coefficient (Wildman–Crippen LogP) is -0.839. The van der Waals surface area contributed by atoms with Crippen molar-refractivity contribution < 1.29 is 50.1 Å². The summed E-state index contributed by atoms with van der Waals surface area (Å²) < 4.78 is 16.6. The number of fused-ring (bicyclic) bond motifs is 3. The fraction of sp³-hybridized carbons (Fsp3) is 0.667. The van der Waals surface area contributed by atoms with E-state index in [0.29, 0.717) is 6.42 Å². The molecule has 0 unspecified atom stereocenters. The van der Waals surface area contributed by atoms with Crippen molar-refractivity contribution in [1.29, 1.82) is 0 Å². The lowest BCUT2D eigenvalue weighted by atomic mass is 9.85. The Hall–Kier alpha value is -1.67. The van der Waals surface area contributed by atoms with Gasteiger partial charge < -0.3 is 35.7 Å². The van der Waals surface area contributed by atoms with E-state index in [1.54, 1.807) is 0 Å². The number of hydrogen-bond acceptors (Lipinski definition) is 6. The van der Waals surface area contributed by atoms with Gasteiger partial charge in [-0.05, 0) is 39.0 Å². The zero-order valence-corrected chi connectivity index (χ0v) is 19.0. The second-order valence-electron chi connectivity index (χ2n) is 8.09. The van der Waals surface area contributed by atoms with Crippen LogP contribution in [0.25, 0.3) is 0 Å². The third-order valence-electron chi connectivity index (χ3n) is 5.62. The summed E-state index contributed by atoms with van der Waals surface area (Å²) >= 11 is 0. The number of nitrogens with zero attached hydrogens (tertiary/aromatic N) is 1. The smallest absolute Gasteiger partial charge is 0.333 e. The Morgan fingerprint density at radius 1 is 0.931 bits per heavy atom. The van der Waals surface area contributed by atoms with Crippen LogP contribution in [0, 0.1) is 5.92 Å². The van der Waals surface area contributed by atoms with Crippen molar-refractivity contribution in [3.05, 3.63) is 24.3 Å². The summed E-state index contributed by atoms with van der Waals surface area (Å²) in [7, 11) is 0. The molecule has 0 spiro atoms. The summed E-state index contributed by atoms with van der Waals surface area (Å²) in [4.78, 5) is 35.6. The van der Waals surface area contributed by atoms with Crippen LogP contribution in [0.15, 0.2) is 24.3 Å². The highest BCUT2D eigenvalue weighted by Gasteiger charge is 2.39. The molecule has 164 valence electrons. The van der Waals surface area contributed by atoms with E-state index in [1.807, 2.05) is 0 Å². The number of rotatable bonds is 10. The van der Waals surface area contributed by atoms with Gasteiger partial charge in [-0.3, -0.25) is 4.79 Å². The highest BCUT2D eigenvalue weighted by molar-refractivity contribution is 5.87. The highest BCUT2D eigenvalue weighted by atomic mass is 79.9. The van der Waals surface area contributed by atoms with Crippen LogP contribution in [0.4, 0.5) is 0 Å². The van der Waals surface area contributed by atoms with E-state index in [4.69, 9.17) is 14.2 Å². The first-order valence-corrected chi connectivity index (χ1v) is 9.90. The molecule has 3 aliphatic rings. The van der Waals surface area contributed by atoms with Gasteiger partial charge in [-0.25, -0.2) is 9.59 Å². The van der Waals surface area contributed by atoms with Crippen molar-refractivity contribution in [1.82, 2.24) is 0 Å². The van der Waals surface area contributed by atoms with Crippen molar-refractivity contribution in [3.63, 3.8) is 0 Å². The average Bonchev–Trinajstić information content (AvgIpc) is 2.69. The predicted molar refractivity (Wildman–Crippen MR) is 103 cm³/mol. The van der Waals surface area contributed by atoms with Crippen LogP contribution in [-0.2, 0) is 28.6 Å². The lowest BCUT2D eigenvalue weighted by Crippen LogP contribution is -3.00. The van der Waals surface area contributed by atoms with E-state index in [1.165, 1.54) is 33.1 Å². The number of ether oxygens (including phenoxy) is 3. The number of carbonyl (C=O) groups excluding carboxylic acids is 3. The zero-order valence-electron chi connectivity index (χ0n) is 17.4. The van der Waals surface area contributed by atoms with Gasteiger partial charge in [-0.1, -0.05) is 13.2 Å². The van der Waals surface area contributed by atoms with Crippen molar-refractivity contribution in [2.24, 2.45) is 5.92 Å². The van der Waals surface area contributed by atoms with E-state index in [2.05, 4.69) is 13.2 Å². The first kappa shape index (κ1) is 25.4. The van der Waals surface area contributed by atoms with E-state index < -0.39 is 18.0 Å². The maximum absolute atomic E-state index is 12.4. The molecule has 0 aromatic rings. The second-order valence-corrected chi connectivity index (χ2v) is 8.09. The van der Waals surface area contributed by atoms with Gasteiger partial charge in [0.15, 0.2) is 6.10 Å². The molecule has 3 aliphatic heterocycles. The minimum atomic E-state index is -0.855. The number of esters is 3.